The van der Waals surface area contributed by atoms with Gasteiger partial charge in [0, 0.05) is 17.4 Å². The van der Waals surface area contributed by atoms with E-state index in [1.165, 1.54) is 6.07 Å². The first-order valence-electron chi connectivity index (χ1n) is 7.75. The molecule has 0 unspecified atom stereocenters. The Balaban J connectivity index is 2.05. The monoisotopic (exact) mass is 385 g/mol. The number of nitrogens with zero attached hydrogens (tertiary/aromatic N) is 3. The van der Waals surface area contributed by atoms with Gasteiger partial charge in [-0.05, 0) is 36.4 Å². The average Bonchev–Trinajstić information content (AvgIpc) is 3.04. The third-order valence-corrected chi connectivity index (χ3v) is 4.54. The van der Waals surface area contributed by atoms with Gasteiger partial charge in [0.25, 0.3) is 0 Å². The summed E-state index contributed by atoms with van der Waals surface area (Å²) in [5, 5.41) is 11.0. The van der Waals surface area contributed by atoms with Gasteiger partial charge in [-0.2, -0.15) is 0 Å². The quantitative estimate of drug-likeness (QED) is 0.533. The van der Waals surface area contributed by atoms with Crippen molar-refractivity contribution in [2.75, 3.05) is 7.11 Å². The summed E-state index contributed by atoms with van der Waals surface area (Å²) in [5.74, 6) is 1.04. The maximum Gasteiger partial charge on any atom is 0.149 e. The van der Waals surface area contributed by atoms with Gasteiger partial charge in [0.15, 0.2) is 0 Å². The van der Waals surface area contributed by atoms with Crippen LogP contribution < -0.4 is 4.74 Å². The van der Waals surface area contributed by atoms with Crippen LogP contribution in [0.5, 0.6) is 11.5 Å². The van der Waals surface area contributed by atoms with Crippen LogP contribution in [0, 0.1) is 0 Å². The third-order valence-electron chi connectivity index (χ3n) is 4.03. The standard InChI is InChI=1S/C19H13Cl2N3O2/c1-26-15-6-4-7-22-17(15)16-14-5-2-3-8-24(14)19(23-16)12-9-11(20)10-13(21)18(12)25/h2-10,25H,1H3. The van der Waals surface area contributed by atoms with Crippen molar-refractivity contribution in [1.82, 2.24) is 14.4 Å². The zero-order valence-corrected chi connectivity index (χ0v) is 15.2. The molecule has 1 N–H and O–H groups in total. The Morgan fingerprint density at radius 2 is 1.92 bits per heavy atom. The number of halogens is 2. The molecule has 0 atom stereocenters. The number of hydrogen-bond donors (Lipinski definition) is 1. The SMILES string of the molecule is COc1cccnc1-c1nc(-c2cc(Cl)cc(Cl)c2O)n2ccccc12. The smallest absolute Gasteiger partial charge is 0.149 e. The minimum atomic E-state index is -0.0774. The molecule has 0 aliphatic heterocycles. The predicted octanol–water partition coefficient (Wildman–Crippen LogP) is 5.08. The Hall–Kier alpha value is -2.76. The molecule has 0 fully saturated rings. The highest BCUT2D eigenvalue weighted by molar-refractivity contribution is 6.36. The van der Waals surface area contributed by atoms with Crippen LogP contribution in [-0.2, 0) is 0 Å². The van der Waals surface area contributed by atoms with Crippen LogP contribution in [0.2, 0.25) is 10.0 Å². The van der Waals surface area contributed by atoms with E-state index in [1.807, 2.05) is 34.9 Å². The summed E-state index contributed by atoms with van der Waals surface area (Å²) in [4.78, 5) is 9.14. The van der Waals surface area contributed by atoms with Gasteiger partial charge in [0.1, 0.15) is 28.7 Å². The Morgan fingerprint density at radius 3 is 2.73 bits per heavy atom. The molecule has 3 heterocycles. The number of hydrogen-bond acceptors (Lipinski definition) is 4. The number of phenolic OH excluding ortho intramolecular Hbond substituents is 1. The zero-order chi connectivity index (χ0) is 18.3. The van der Waals surface area contributed by atoms with E-state index in [0.717, 1.165) is 5.52 Å². The van der Waals surface area contributed by atoms with Crippen molar-refractivity contribution in [2.24, 2.45) is 0 Å². The fraction of sp³-hybridized carbons (Fsp3) is 0.0526. The first-order chi connectivity index (χ1) is 12.6. The number of ether oxygens (including phenoxy) is 1. The van der Waals surface area contributed by atoms with E-state index in [2.05, 4.69) is 4.98 Å². The summed E-state index contributed by atoms with van der Waals surface area (Å²) >= 11 is 12.2. The molecule has 3 aromatic heterocycles. The van der Waals surface area contributed by atoms with Crippen molar-refractivity contribution in [2.45, 2.75) is 0 Å². The molecular formula is C19H13Cl2N3O2. The summed E-state index contributed by atoms with van der Waals surface area (Å²) in [5.41, 5.74) is 2.49. The van der Waals surface area contributed by atoms with Crippen LogP contribution in [0.3, 0.4) is 0 Å². The van der Waals surface area contributed by atoms with Crippen LogP contribution in [0.25, 0.3) is 28.3 Å². The highest BCUT2D eigenvalue weighted by atomic mass is 35.5. The van der Waals surface area contributed by atoms with Crippen molar-refractivity contribution >= 4 is 28.7 Å². The predicted molar refractivity (Wildman–Crippen MR) is 102 cm³/mol. The van der Waals surface area contributed by atoms with Gasteiger partial charge >= 0.3 is 0 Å². The maximum atomic E-state index is 10.4. The second-order valence-corrected chi connectivity index (χ2v) is 6.42. The van der Waals surface area contributed by atoms with Gasteiger partial charge in [-0.15, -0.1) is 0 Å². The van der Waals surface area contributed by atoms with Crippen LogP contribution in [0.15, 0.2) is 54.9 Å². The molecule has 4 aromatic rings. The minimum absolute atomic E-state index is 0.0774. The van der Waals surface area contributed by atoms with Crippen molar-refractivity contribution in [3.8, 4) is 34.3 Å². The number of phenols is 1. The summed E-state index contributed by atoms with van der Waals surface area (Å²) in [7, 11) is 1.59. The number of fused-ring (bicyclic) bond motifs is 1. The lowest BCUT2D eigenvalue weighted by Gasteiger charge is -2.06. The minimum Gasteiger partial charge on any atom is -0.506 e. The molecular weight excluding hydrogens is 373 g/mol. The summed E-state index contributed by atoms with van der Waals surface area (Å²) in [6, 6.07) is 12.4. The van der Waals surface area contributed by atoms with E-state index in [4.69, 9.17) is 32.9 Å². The van der Waals surface area contributed by atoms with Crippen LogP contribution in [0.1, 0.15) is 0 Å². The van der Waals surface area contributed by atoms with Gasteiger partial charge in [0.2, 0.25) is 0 Å². The van der Waals surface area contributed by atoms with E-state index in [0.29, 0.717) is 33.5 Å². The molecule has 1 aromatic carbocycles. The van der Waals surface area contributed by atoms with E-state index in [1.54, 1.807) is 25.4 Å². The van der Waals surface area contributed by atoms with Crippen LogP contribution in [0.4, 0.5) is 0 Å². The fourth-order valence-corrected chi connectivity index (χ4v) is 3.37. The molecule has 0 saturated heterocycles. The average molecular weight is 386 g/mol. The molecule has 0 radical (unpaired) electrons. The third kappa shape index (κ3) is 2.66. The Labute approximate surface area is 159 Å². The van der Waals surface area contributed by atoms with Gasteiger partial charge < -0.3 is 9.84 Å². The molecule has 0 saturated carbocycles. The molecule has 7 heteroatoms. The molecule has 4 rings (SSSR count). The largest absolute Gasteiger partial charge is 0.506 e. The van der Waals surface area contributed by atoms with E-state index < -0.39 is 0 Å². The lowest BCUT2D eigenvalue weighted by atomic mass is 10.2. The Bertz CT molecular complexity index is 1130. The number of methoxy groups -OCH3 is 1. The summed E-state index contributed by atoms with van der Waals surface area (Å²) in [6.45, 7) is 0. The molecule has 0 spiro atoms. The normalized spacial score (nSPS) is 11.0. The fourth-order valence-electron chi connectivity index (χ4n) is 2.87. The molecule has 0 aliphatic carbocycles. The highest BCUT2D eigenvalue weighted by Gasteiger charge is 2.21. The number of benzene rings is 1. The number of imidazole rings is 1. The molecule has 0 bridgehead atoms. The lowest BCUT2D eigenvalue weighted by molar-refractivity contribution is 0.414. The Kier molecular flexibility index (Phi) is 4.18. The van der Waals surface area contributed by atoms with Gasteiger partial charge in [-0.1, -0.05) is 29.3 Å². The first kappa shape index (κ1) is 16.7. The molecule has 0 aliphatic rings. The van der Waals surface area contributed by atoms with Crippen molar-refractivity contribution in [3.63, 3.8) is 0 Å². The second kappa shape index (κ2) is 6.52. The van der Waals surface area contributed by atoms with E-state index >= 15 is 0 Å². The molecule has 130 valence electrons. The maximum absolute atomic E-state index is 10.4. The molecule has 0 amide bonds. The van der Waals surface area contributed by atoms with Gasteiger partial charge in [-0.25, -0.2) is 4.98 Å². The van der Waals surface area contributed by atoms with Gasteiger partial charge in [0.05, 0.1) is 23.2 Å². The second-order valence-electron chi connectivity index (χ2n) is 5.58. The van der Waals surface area contributed by atoms with Crippen LogP contribution in [-0.4, -0.2) is 26.6 Å². The van der Waals surface area contributed by atoms with Crippen molar-refractivity contribution in [1.29, 1.82) is 0 Å². The Morgan fingerprint density at radius 1 is 1.08 bits per heavy atom. The zero-order valence-electron chi connectivity index (χ0n) is 13.6. The summed E-state index contributed by atoms with van der Waals surface area (Å²) < 4.78 is 7.27. The topological polar surface area (TPSA) is 59.7 Å². The number of aromatic hydroxyl groups is 1. The van der Waals surface area contributed by atoms with E-state index in [9.17, 15) is 5.11 Å². The van der Waals surface area contributed by atoms with Gasteiger partial charge in [-0.3, -0.25) is 9.38 Å². The van der Waals surface area contributed by atoms with Crippen molar-refractivity contribution in [3.05, 3.63) is 64.9 Å². The first-order valence-corrected chi connectivity index (χ1v) is 8.50. The van der Waals surface area contributed by atoms with E-state index in [-0.39, 0.29) is 10.8 Å². The highest BCUT2D eigenvalue weighted by Crippen LogP contribution is 2.40. The van der Waals surface area contributed by atoms with Crippen molar-refractivity contribution < 1.29 is 9.84 Å². The number of pyridine rings is 2. The molecule has 26 heavy (non-hydrogen) atoms. The number of aromatic nitrogens is 3. The van der Waals surface area contributed by atoms with Crippen LogP contribution >= 0.6 is 23.2 Å². The summed E-state index contributed by atoms with van der Waals surface area (Å²) in [6.07, 6.45) is 3.53. The lowest BCUT2D eigenvalue weighted by Crippen LogP contribution is -1.91. The molecule has 5 nitrogen and oxygen atoms in total. The number of rotatable bonds is 3.